The van der Waals surface area contributed by atoms with Gasteiger partial charge in [0.05, 0.1) is 4.47 Å². The van der Waals surface area contributed by atoms with Crippen molar-refractivity contribution in [3.8, 4) is 11.5 Å². The number of aromatic hydroxyl groups is 2. The molecule has 1 aromatic carbocycles. The van der Waals surface area contributed by atoms with E-state index in [1.807, 2.05) is 6.92 Å². The highest BCUT2D eigenvalue weighted by Crippen LogP contribution is 2.42. The first kappa shape index (κ1) is 10.8. The van der Waals surface area contributed by atoms with Crippen molar-refractivity contribution < 1.29 is 10.2 Å². The Bertz CT molecular complexity index is 387. The third-order valence-electron chi connectivity index (χ3n) is 2.87. The van der Waals surface area contributed by atoms with Gasteiger partial charge in [-0.15, -0.1) is 0 Å². The summed E-state index contributed by atoms with van der Waals surface area (Å²) in [5.74, 6) is -0.134. The van der Waals surface area contributed by atoms with Crippen LogP contribution >= 0.6 is 15.9 Å². The van der Waals surface area contributed by atoms with Gasteiger partial charge in [-0.3, -0.25) is 0 Å². The Kier molecular flexibility index (Phi) is 2.89. The maximum Gasteiger partial charge on any atom is 0.172 e. The standard InChI is InChI=1S/C11H14BrNO2/c1-6-5-8(14)11(15)10(12)9(6)7-3-2-4-13-7/h5,7,13-15H,2-4H2,1H3. The van der Waals surface area contributed by atoms with Crippen LogP contribution in [0.3, 0.4) is 0 Å². The van der Waals surface area contributed by atoms with Crippen LogP contribution in [-0.2, 0) is 0 Å². The van der Waals surface area contributed by atoms with E-state index in [0.29, 0.717) is 4.47 Å². The van der Waals surface area contributed by atoms with E-state index in [1.165, 1.54) is 0 Å². The lowest BCUT2D eigenvalue weighted by molar-refractivity contribution is 0.399. The molecule has 0 bridgehead atoms. The molecule has 3 N–H and O–H groups in total. The molecule has 1 aliphatic rings. The van der Waals surface area contributed by atoms with Crippen molar-refractivity contribution >= 4 is 15.9 Å². The van der Waals surface area contributed by atoms with Crippen molar-refractivity contribution in [3.05, 3.63) is 21.7 Å². The highest BCUT2D eigenvalue weighted by atomic mass is 79.9. The van der Waals surface area contributed by atoms with Gasteiger partial charge >= 0.3 is 0 Å². The van der Waals surface area contributed by atoms with Gasteiger partial charge in [0.1, 0.15) is 0 Å². The zero-order chi connectivity index (χ0) is 11.0. The molecule has 0 aliphatic carbocycles. The second-order valence-electron chi connectivity index (χ2n) is 3.94. The van der Waals surface area contributed by atoms with E-state index < -0.39 is 0 Å². The van der Waals surface area contributed by atoms with E-state index in [4.69, 9.17) is 0 Å². The molecule has 15 heavy (non-hydrogen) atoms. The Balaban J connectivity index is 2.50. The van der Waals surface area contributed by atoms with Crippen LogP contribution in [0, 0.1) is 6.92 Å². The number of hydrogen-bond acceptors (Lipinski definition) is 3. The lowest BCUT2D eigenvalue weighted by atomic mass is 9.99. The fourth-order valence-corrected chi connectivity index (χ4v) is 2.92. The Morgan fingerprint density at radius 3 is 2.80 bits per heavy atom. The van der Waals surface area contributed by atoms with Crippen molar-refractivity contribution in [2.75, 3.05) is 6.54 Å². The number of halogens is 1. The van der Waals surface area contributed by atoms with E-state index in [0.717, 1.165) is 30.5 Å². The monoisotopic (exact) mass is 271 g/mol. The molecular formula is C11H14BrNO2. The third-order valence-corrected chi connectivity index (χ3v) is 3.68. The second kappa shape index (κ2) is 4.02. The van der Waals surface area contributed by atoms with Crippen molar-refractivity contribution in [2.45, 2.75) is 25.8 Å². The molecular weight excluding hydrogens is 258 g/mol. The molecule has 0 aromatic heterocycles. The molecule has 0 amide bonds. The molecule has 1 unspecified atom stereocenters. The Hall–Kier alpha value is -0.740. The molecule has 1 fully saturated rings. The molecule has 4 heteroatoms. The van der Waals surface area contributed by atoms with Crippen LogP contribution in [-0.4, -0.2) is 16.8 Å². The summed E-state index contributed by atoms with van der Waals surface area (Å²) in [6.45, 7) is 2.96. The Labute approximate surface area is 97.3 Å². The lowest BCUT2D eigenvalue weighted by Gasteiger charge is -2.17. The van der Waals surface area contributed by atoms with E-state index in [9.17, 15) is 10.2 Å². The van der Waals surface area contributed by atoms with Crippen molar-refractivity contribution in [1.29, 1.82) is 0 Å². The largest absolute Gasteiger partial charge is 0.504 e. The Morgan fingerprint density at radius 2 is 2.20 bits per heavy atom. The molecule has 1 aromatic rings. The van der Waals surface area contributed by atoms with Gasteiger partial charge in [-0.2, -0.15) is 0 Å². The van der Waals surface area contributed by atoms with Crippen LogP contribution in [0.1, 0.15) is 30.0 Å². The van der Waals surface area contributed by atoms with Gasteiger partial charge < -0.3 is 15.5 Å². The molecule has 1 aliphatic heterocycles. The average molecular weight is 272 g/mol. The summed E-state index contributed by atoms with van der Waals surface area (Å²) in [6, 6.07) is 1.89. The summed E-state index contributed by atoms with van der Waals surface area (Å²) in [5, 5.41) is 22.5. The number of aryl methyl sites for hydroxylation is 1. The van der Waals surface area contributed by atoms with E-state index >= 15 is 0 Å². The predicted octanol–water partition coefficient (Wildman–Crippen LogP) is 2.59. The van der Waals surface area contributed by atoms with Crippen LogP contribution < -0.4 is 5.32 Å². The fraction of sp³-hybridized carbons (Fsp3) is 0.455. The summed E-state index contributed by atoms with van der Waals surface area (Å²) >= 11 is 3.34. The highest BCUT2D eigenvalue weighted by Gasteiger charge is 2.23. The molecule has 0 saturated carbocycles. The predicted molar refractivity (Wildman–Crippen MR) is 62.2 cm³/mol. The number of nitrogens with one attached hydrogen (secondary N) is 1. The normalized spacial score (nSPS) is 20.8. The minimum atomic E-state index is -0.0684. The highest BCUT2D eigenvalue weighted by molar-refractivity contribution is 9.10. The average Bonchev–Trinajstić information content (AvgIpc) is 2.68. The van der Waals surface area contributed by atoms with E-state index in [2.05, 4.69) is 21.2 Å². The van der Waals surface area contributed by atoms with Gasteiger partial charge in [-0.05, 0) is 59.4 Å². The summed E-state index contributed by atoms with van der Waals surface area (Å²) in [5.41, 5.74) is 2.05. The molecule has 82 valence electrons. The van der Waals surface area contributed by atoms with E-state index in [-0.39, 0.29) is 17.5 Å². The van der Waals surface area contributed by atoms with E-state index in [1.54, 1.807) is 6.07 Å². The van der Waals surface area contributed by atoms with Crippen molar-refractivity contribution in [3.63, 3.8) is 0 Å². The zero-order valence-corrected chi connectivity index (χ0v) is 10.1. The number of benzene rings is 1. The molecule has 3 nitrogen and oxygen atoms in total. The first-order valence-electron chi connectivity index (χ1n) is 5.05. The molecule has 0 radical (unpaired) electrons. The van der Waals surface area contributed by atoms with Gasteiger partial charge in [-0.1, -0.05) is 0 Å². The lowest BCUT2D eigenvalue weighted by Crippen LogP contribution is -2.14. The first-order chi connectivity index (χ1) is 7.11. The quantitative estimate of drug-likeness (QED) is 0.689. The van der Waals surface area contributed by atoms with Crippen LogP contribution in [0.4, 0.5) is 0 Å². The summed E-state index contributed by atoms with van der Waals surface area (Å²) in [4.78, 5) is 0. The SMILES string of the molecule is Cc1cc(O)c(O)c(Br)c1C1CCCN1. The second-order valence-corrected chi connectivity index (χ2v) is 4.73. The molecule has 1 atom stereocenters. The van der Waals surface area contributed by atoms with Crippen LogP contribution in [0.5, 0.6) is 11.5 Å². The van der Waals surface area contributed by atoms with Gasteiger partial charge in [0.2, 0.25) is 0 Å². The van der Waals surface area contributed by atoms with Gasteiger partial charge in [0.15, 0.2) is 11.5 Å². The maximum atomic E-state index is 9.65. The number of rotatable bonds is 1. The van der Waals surface area contributed by atoms with Crippen LogP contribution in [0.2, 0.25) is 0 Å². The molecule has 1 saturated heterocycles. The van der Waals surface area contributed by atoms with Crippen molar-refractivity contribution in [1.82, 2.24) is 5.32 Å². The topological polar surface area (TPSA) is 52.5 Å². The summed E-state index contributed by atoms with van der Waals surface area (Å²) in [7, 11) is 0. The minimum Gasteiger partial charge on any atom is -0.504 e. The maximum absolute atomic E-state index is 9.65. The zero-order valence-electron chi connectivity index (χ0n) is 8.55. The fourth-order valence-electron chi connectivity index (χ4n) is 2.12. The van der Waals surface area contributed by atoms with Gasteiger partial charge in [0.25, 0.3) is 0 Å². The minimum absolute atomic E-state index is 0.0655. The molecule has 1 heterocycles. The summed E-state index contributed by atoms with van der Waals surface area (Å²) < 4.78 is 0.611. The first-order valence-corrected chi connectivity index (χ1v) is 5.85. The van der Waals surface area contributed by atoms with Crippen molar-refractivity contribution in [2.24, 2.45) is 0 Å². The number of phenolic OH excluding ortho intramolecular Hbond substituents is 2. The Morgan fingerprint density at radius 1 is 1.47 bits per heavy atom. The van der Waals surface area contributed by atoms with Crippen LogP contribution in [0.25, 0.3) is 0 Å². The molecule has 2 rings (SSSR count). The van der Waals surface area contributed by atoms with Gasteiger partial charge in [-0.25, -0.2) is 0 Å². The number of phenols is 2. The summed E-state index contributed by atoms with van der Waals surface area (Å²) in [6.07, 6.45) is 2.22. The third kappa shape index (κ3) is 1.84. The smallest absolute Gasteiger partial charge is 0.172 e. The molecule has 0 spiro atoms. The number of hydrogen-bond donors (Lipinski definition) is 3. The van der Waals surface area contributed by atoms with Crippen LogP contribution in [0.15, 0.2) is 10.5 Å². The van der Waals surface area contributed by atoms with Gasteiger partial charge in [0, 0.05) is 6.04 Å².